The number of carbonyl (C=O) groups is 1. The van der Waals surface area contributed by atoms with Gasteiger partial charge in [0.2, 0.25) is 0 Å². The van der Waals surface area contributed by atoms with Gasteiger partial charge in [0.1, 0.15) is 5.78 Å². The van der Waals surface area contributed by atoms with Crippen LogP contribution in [0.3, 0.4) is 0 Å². The van der Waals surface area contributed by atoms with Crippen LogP contribution in [-0.4, -0.2) is 84.8 Å². The molecule has 1 fully saturated rings. The normalized spacial score (nSPS) is 29.1. The summed E-state index contributed by atoms with van der Waals surface area (Å²) < 4.78 is 47.0. The molecule has 0 aromatic heterocycles. The van der Waals surface area contributed by atoms with Gasteiger partial charge in [-0.3, -0.25) is 4.79 Å². The van der Waals surface area contributed by atoms with Crippen LogP contribution in [-0.2, 0) is 39.3 Å². The fourth-order valence-corrected chi connectivity index (χ4v) is 22.0. The molecule has 172 valence electrons. The van der Waals surface area contributed by atoms with Gasteiger partial charge in [0.15, 0.2) is 0 Å². The van der Waals surface area contributed by atoms with Gasteiger partial charge >= 0.3 is 44.5 Å². The molecule has 29 heavy (non-hydrogen) atoms. The highest BCUT2D eigenvalue weighted by atomic mass is 28.5. The zero-order valence-electron chi connectivity index (χ0n) is 19.2. The Morgan fingerprint density at radius 2 is 1.45 bits per heavy atom. The first-order chi connectivity index (χ1) is 13.4. The molecule has 0 amide bonds. The molecule has 3 unspecified atom stereocenters. The van der Waals surface area contributed by atoms with E-state index in [0.29, 0.717) is 19.1 Å². The van der Waals surface area contributed by atoms with Gasteiger partial charge in [0.05, 0.1) is 12.1 Å². The van der Waals surface area contributed by atoms with Crippen molar-refractivity contribution in [1.82, 2.24) is 0 Å². The Kier molecular flexibility index (Phi) is 11.3. The van der Waals surface area contributed by atoms with Crippen LogP contribution in [0.15, 0.2) is 0 Å². The zero-order chi connectivity index (χ0) is 22.3. The summed E-state index contributed by atoms with van der Waals surface area (Å²) in [5, 5.41) is 0. The van der Waals surface area contributed by atoms with Gasteiger partial charge in [-0.25, -0.2) is 0 Å². The van der Waals surface area contributed by atoms with Crippen molar-refractivity contribution < 1.29 is 39.3 Å². The number of hydrogen-bond acceptors (Lipinski definition) is 9. The third-order valence-corrected chi connectivity index (χ3v) is 23.1. The van der Waals surface area contributed by atoms with E-state index >= 15 is 0 Å². The maximum atomic E-state index is 12.4. The van der Waals surface area contributed by atoms with Crippen LogP contribution in [0, 0.1) is 0 Å². The lowest BCUT2D eigenvalue weighted by Crippen LogP contribution is -2.60. The Labute approximate surface area is 181 Å². The first-order valence-electron chi connectivity index (χ1n) is 9.87. The van der Waals surface area contributed by atoms with E-state index in [0.717, 1.165) is 0 Å². The lowest BCUT2D eigenvalue weighted by atomic mass is 10.3. The molecule has 0 spiro atoms. The van der Waals surface area contributed by atoms with Crippen molar-refractivity contribution in [3.8, 4) is 0 Å². The van der Waals surface area contributed by atoms with E-state index in [9.17, 15) is 4.79 Å². The smallest absolute Gasteiger partial charge is 0.418 e. The number of carbonyl (C=O) groups excluding carboxylic acids is 1. The molecule has 0 bridgehead atoms. The maximum absolute atomic E-state index is 12.4. The van der Waals surface area contributed by atoms with Gasteiger partial charge < -0.3 is 34.5 Å². The standard InChI is InChI=1S/C15H38O9Si5/c1-14(16)15(13-20-11-10-12-29(17-2,18-3)19-4)28(9)23-25(5)21-27(7,8)22-26(6)24-28/h15,25-26H,10-13H2,1-9H3. The Hall–Kier alpha value is 0.434. The van der Waals surface area contributed by atoms with Crippen molar-refractivity contribution in [2.75, 3.05) is 34.5 Å². The molecular formula is C15H38O9Si5. The Bertz CT molecular complexity index is 496. The molecule has 1 aliphatic heterocycles. The summed E-state index contributed by atoms with van der Waals surface area (Å²) in [6, 6.07) is 0.637. The minimum absolute atomic E-state index is 0.00745. The second-order valence-corrected chi connectivity index (χ2v) is 22.3. The van der Waals surface area contributed by atoms with Crippen molar-refractivity contribution in [2.24, 2.45) is 0 Å². The lowest BCUT2D eigenvalue weighted by molar-refractivity contribution is -0.118. The van der Waals surface area contributed by atoms with Crippen LogP contribution < -0.4 is 0 Å². The monoisotopic (exact) mass is 502 g/mol. The highest BCUT2D eigenvalue weighted by Gasteiger charge is 2.50. The Balaban J connectivity index is 2.72. The molecule has 1 saturated heterocycles. The summed E-state index contributed by atoms with van der Waals surface area (Å²) in [4.78, 5) is 12.4. The number of hydrogen-bond donors (Lipinski definition) is 0. The molecule has 14 heteroatoms. The van der Waals surface area contributed by atoms with Crippen molar-refractivity contribution in [3.63, 3.8) is 0 Å². The van der Waals surface area contributed by atoms with Crippen LogP contribution in [0.4, 0.5) is 0 Å². The van der Waals surface area contributed by atoms with Gasteiger partial charge in [0, 0.05) is 34.0 Å². The largest absolute Gasteiger partial charge is 0.500 e. The fraction of sp³-hybridized carbons (Fsp3) is 0.933. The first kappa shape index (κ1) is 27.5. The average Bonchev–Trinajstić information content (AvgIpc) is 2.58. The third-order valence-electron chi connectivity index (χ3n) is 4.81. The highest BCUT2D eigenvalue weighted by molar-refractivity contribution is 6.86. The summed E-state index contributed by atoms with van der Waals surface area (Å²) in [7, 11) is -6.91. The molecule has 0 N–H and O–H groups in total. The molecule has 0 radical (unpaired) electrons. The van der Waals surface area contributed by atoms with Gasteiger partial charge in [0.25, 0.3) is 0 Å². The zero-order valence-corrected chi connectivity index (χ0v) is 24.5. The molecule has 0 saturated carbocycles. The lowest BCUT2D eigenvalue weighted by Gasteiger charge is -2.42. The molecule has 1 aliphatic rings. The van der Waals surface area contributed by atoms with E-state index in [-0.39, 0.29) is 12.4 Å². The predicted octanol–water partition coefficient (Wildman–Crippen LogP) is 1.78. The minimum atomic E-state index is -2.86. The number of Topliss-reactive ketones (excluding diaryl/α,β-unsaturated/α-hetero) is 1. The summed E-state index contributed by atoms with van der Waals surface area (Å²) in [5.41, 5.74) is -0.434. The van der Waals surface area contributed by atoms with Gasteiger partial charge in [-0.05, 0) is 46.1 Å². The highest BCUT2D eigenvalue weighted by Crippen LogP contribution is 2.31. The maximum Gasteiger partial charge on any atom is 0.500 e. The molecule has 0 aromatic carbocycles. The van der Waals surface area contributed by atoms with E-state index in [1.807, 2.05) is 32.7 Å². The molecule has 3 atom stereocenters. The summed E-state index contributed by atoms with van der Waals surface area (Å²) in [5.74, 6) is 0.00745. The van der Waals surface area contributed by atoms with Gasteiger partial charge in [-0.2, -0.15) is 0 Å². The van der Waals surface area contributed by atoms with Crippen LogP contribution >= 0.6 is 0 Å². The van der Waals surface area contributed by atoms with Crippen LogP contribution in [0.25, 0.3) is 0 Å². The topological polar surface area (TPSA) is 90.9 Å². The van der Waals surface area contributed by atoms with Crippen molar-refractivity contribution >= 4 is 50.3 Å². The molecule has 9 nitrogen and oxygen atoms in total. The fourth-order valence-electron chi connectivity index (χ4n) is 3.51. The second-order valence-electron chi connectivity index (χ2n) is 7.66. The van der Waals surface area contributed by atoms with Crippen LogP contribution in [0.2, 0.25) is 44.3 Å². The van der Waals surface area contributed by atoms with E-state index in [4.69, 9.17) is 34.5 Å². The summed E-state index contributed by atoms with van der Waals surface area (Å²) in [6.07, 6.45) is 0.703. The molecule has 1 heterocycles. The van der Waals surface area contributed by atoms with Crippen molar-refractivity contribution in [3.05, 3.63) is 0 Å². The molecular weight excluding hydrogens is 465 g/mol. The second kappa shape index (κ2) is 11.9. The van der Waals surface area contributed by atoms with Crippen LogP contribution in [0.5, 0.6) is 0 Å². The Morgan fingerprint density at radius 1 is 0.966 bits per heavy atom. The SMILES string of the molecule is CO[Si](CCCOCC(C(C)=O)[Si]1(C)O[SiH](C)O[Si](C)(C)O[SiH](C)O1)(OC)OC. The van der Waals surface area contributed by atoms with E-state index in [1.165, 1.54) is 0 Å². The Morgan fingerprint density at radius 3 is 1.86 bits per heavy atom. The average molecular weight is 503 g/mol. The number of rotatable bonds is 11. The predicted molar refractivity (Wildman–Crippen MR) is 121 cm³/mol. The van der Waals surface area contributed by atoms with E-state index < -0.39 is 50.0 Å². The van der Waals surface area contributed by atoms with Crippen molar-refractivity contribution in [2.45, 2.75) is 57.7 Å². The van der Waals surface area contributed by atoms with E-state index in [1.54, 1.807) is 28.3 Å². The van der Waals surface area contributed by atoms with Crippen LogP contribution in [0.1, 0.15) is 13.3 Å². The van der Waals surface area contributed by atoms with Crippen molar-refractivity contribution in [1.29, 1.82) is 0 Å². The summed E-state index contributed by atoms with van der Waals surface area (Å²) >= 11 is 0. The van der Waals surface area contributed by atoms with Gasteiger partial charge in [-0.1, -0.05) is 0 Å². The number of ketones is 1. The molecule has 1 rings (SSSR count). The first-order valence-corrected chi connectivity index (χ1v) is 21.2. The molecule has 0 aliphatic carbocycles. The van der Waals surface area contributed by atoms with E-state index in [2.05, 4.69) is 0 Å². The quantitative estimate of drug-likeness (QED) is 0.310. The van der Waals surface area contributed by atoms with Gasteiger partial charge in [-0.15, -0.1) is 0 Å². The number of ether oxygens (including phenoxy) is 1. The minimum Gasteiger partial charge on any atom is -0.418 e. The molecule has 0 aromatic rings. The summed E-state index contributed by atoms with van der Waals surface area (Å²) in [6.45, 7) is 12.2. The third kappa shape index (κ3) is 8.47.